The molecule has 2 unspecified atom stereocenters. The lowest BCUT2D eigenvalue weighted by Crippen LogP contribution is -2.41. The summed E-state index contributed by atoms with van der Waals surface area (Å²) in [6.45, 7) is 3.24. The summed E-state index contributed by atoms with van der Waals surface area (Å²) in [6.07, 6.45) is 6.42. The second-order valence-corrected chi connectivity index (χ2v) is 4.97. The van der Waals surface area contributed by atoms with Crippen LogP contribution in [0.4, 0.5) is 0 Å². The minimum Gasteiger partial charge on any atom is -0.310 e. The van der Waals surface area contributed by atoms with Crippen LogP contribution in [0.3, 0.4) is 0 Å². The number of pyridine rings is 1. The van der Waals surface area contributed by atoms with Gasteiger partial charge in [-0.05, 0) is 46.3 Å². The maximum absolute atomic E-state index is 4.14. The monoisotopic (exact) mass is 254 g/mol. The third-order valence-corrected chi connectivity index (χ3v) is 3.38. The molecule has 14 heavy (non-hydrogen) atoms. The lowest BCUT2D eigenvalue weighted by Gasteiger charge is -2.34. The molecule has 76 valence electrons. The normalized spacial score (nSPS) is 25.9. The molecule has 0 spiro atoms. The second kappa shape index (κ2) is 4.41. The topological polar surface area (TPSA) is 24.9 Å². The van der Waals surface area contributed by atoms with Crippen LogP contribution in [0.1, 0.15) is 25.3 Å². The van der Waals surface area contributed by atoms with Gasteiger partial charge < -0.3 is 5.32 Å². The first kappa shape index (κ1) is 10.1. The molecule has 0 bridgehead atoms. The van der Waals surface area contributed by atoms with Crippen LogP contribution in [-0.4, -0.2) is 11.0 Å². The summed E-state index contributed by atoms with van der Waals surface area (Å²) in [4.78, 5) is 4.14. The minimum absolute atomic E-state index is 0.717. The van der Waals surface area contributed by atoms with Crippen molar-refractivity contribution in [2.24, 2.45) is 5.92 Å². The van der Waals surface area contributed by atoms with Gasteiger partial charge in [-0.25, -0.2) is 0 Å². The Morgan fingerprint density at radius 1 is 1.50 bits per heavy atom. The number of nitrogens with zero attached hydrogens (tertiary/aromatic N) is 1. The highest BCUT2D eigenvalue weighted by atomic mass is 79.9. The number of hydrogen-bond acceptors (Lipinski definition) is 2. The van der Waals surface area contributed by atoms with Gasteiger partial charge in [-0.15, -0.1) is 0 Å². The van der Waals surface area contributed by atoms with Gasteiger partial charge in [0.05, 0.1) is 0 Å². The summed E-state index contributed by atoms with van der Waals surface area (Å²) in [5, 5.41) is 3.55. The molecule has 1 aliphatic rings. The molecular formula is C11H15BrN2. The van der Waals surface area contributed by atoms with Crippen molar-refractivity contribution in [3.63, 3.8) is 0 Å². The Balaban J connectivity index is 1.85. The van der Waals surface area contributed by atoms with Crippen LogP contribution in [0, 0.1) is 5.92 Å². The van der Waals surface area contributed by atoms with Gasteiger partial charge in [0.1, 0.15) is 0 Å². The van der Waals surface area contributed by atoms with Crippen molar-refractivity contribution in [3.05, 3.63) is 28.5 Å². The van der Waals surface area contributed by atoms with Gasteiger partial charge in [-0.3, -0.25) is 4.98 Å². The molecule has 0 aliphatic heterocycles. The van der Waals surface area contributed by atoms with Crippen LogP contribution in [0.25, 0.3) is 0 Å². The van der Waals surface area contributed by atoms with Crippen molar-refractivity contribution in [2.45, 2.75) is 32.4 Å². The molecule has 1 aromatic rings. The van der Waals surface area contributed by atoms with E-state index in [4.69, 9.17) is 0 Å². The summed E-state index contributed by atoms with van der Waals surface area (Å²) >= 11 is 3.42. The van der Waals surface area contributed by atoms with Crippen molar-refractivity contribution < 1.29 is 0 Å². The van der Waals surface area contributed by atoms with Gasteiger partial charge >= 0.3 is 0 Å². The summed E-state index contributed by atoms with van der Waals surface area (Å²) in [7, 11) is 0. The standard InChI is InChI=1S/C11H15BrN2/c1-8-2-3-11(8)14-6-9-4-10(12)7-13-5-9/h4-5,7-8,11,14H,2-3,6H2,1H3. The van der Waals surface area contributed by atoms with Crippen molar-refractivity contribution in [1.82, 2.24) is 10.3 Å². The van der Waals surface area contributed by atoms with Gasteiger partial charge in [0.25, 0.3) is 0 Å². The Morgan fingerprint density at radius 3 is 2.93 bits per heavy atom. The van der Waals surface area contributed by atoms with E-state index < -0.39 is 0 Å². The maximum Gasteiger partial charge on any atom is 0.0410 e. The van der Waals surface area contributed by atoms with Gasteiger partial charge in [0.2, 0.25) is 0 Å². The highest BCUT2D eigenvalue weighted by Crippen LogP contribution is 2.26. The van der Waals surface area contributed by atoms with E-state index in [0.717, 1.165) is 16.9 Å². The lowest BCUT2D eigenvalue weighted by molar-refractivity contribution is 0.228. The molecule has 1 N–H and O–H groups in total. The van der Waals surface area contributed by atoms with Crippen LogP contribution in [0.2, 0.25) is 0 Å². The minimum atomic E-state index is 0.717. The molecule has 0 saturated heterocycles. The van der Waals surface area contributed by atoms with E-state index in [1.54, 1.807) is 0 Å². The van der Waals surface area contributed by atoms with E-state index in [2.05, 4.69) is 39.2 Å². The van der Waals surface area contributed by atoms with E-state index in [-0.39, 0.29) is 0 Å². The van der Waals surface area contributed by atoms with Crippen molar-refractivity contribution >= 4 is 15.9 Å². The SMILES string of the molecule is CC1CCC1NCc1cncc(Br)c1. The lowest BCUT2D eigenvalue weighted by atomic mass is 9.81. The molecule has 0 aromatic carbocycles. The Kier molecular flexibility index (Phi) is 3.19. The number of aromatic nitrogens is 1. The highest BCUT2D eigenvalue weighted by molar-refractivity contribution is 9.10. The van der Waals surface area contributed by atoms with Gasteiger partial charge in [-0.1, -0.05) is 6.92 Å². The molecule has 0 amide bonds. The third kappa shape index (κ3) is 2.34. The predicted octanol–water partition coefficient (Wildman–Crippen LogP) is 2.73. The van der Waals surface area contributed by atoms with E-state index in [1.165, 1.54) is 18.4 Å². The van der Waals surface area contributed by atoms with Crippen molar-refractivity contribution in [1.29, 1.82) is 0 Å². The molecule has 1 aromatic heterocycles. The maximum atomic E-state index is 4.14. The van der Waals surface area contributed by atoms with E-state index in [0.29, 0.717) is 6.04 Å². The molecule has 1 fully saturated rings. The molecule has 2 rings (SSSR count). The Hall–Kier alpha value is -0.410. The molecule has 1 heterocycles. The zero-order valence-corrected chi connectivity index (χ0v) is 9.92. The Labute approximate surface area is 93.3 Å². The van der Waals surface area contributed by atoms with Gasteiger partial charge in [0.15, 0.2) is 0 Å². The molecule has 1 saturated carbocycles. The van der Waals surface area contributed by atoms with Crippen LogP contribution >= 0.6 is 15.9 Å². The fraction of sp³-hybridized carbons (Fsp3) is 0.545. The molecular weight excluding hydrogens is 240 g/mol. The predicted molar refractivity (Wildman–Crippen MR) is 61.0 cm³/mol. The van der Waals surface area contributed by atoms with Crippen LogP contribution in [0.5, 0.6) is 0 Å². The van der Waals surface area contributed by atoms with Gasteiger partial charge in [-0.2, -0.15) is 0 Å². The zero-order chi connectivity index (χ0) is 9.97. The molecule has 1 aliphatic carbocycles. The average molecular weight is 255 g/mol. The molecule has 0 radical (unpaired) electrons. The third-order valence-electron chi connectivity index (χ3n) is 2.95. The Morgan fingerprint density at radius 2 is 2.36 bits per heavy atom. The quantitative estimate of drug-likeness (QED) is 0.898. The average Bonchev–Trinajstić information content (AvgIpc) is 2.16. The number of nitrogens with one attached hydrogen (secondary N) is 1. The number of rotatable bonds is 3. The van der Waals surface area contributed by atoms with E-state index >= 15 is 0 Å². The summed E-state index contributed by atoms with van der Waals surface area (Å²) < 4.78 is 1.05. The van der Waals surface area contributed by atoms with Crippen molar-refractivity contribution in [3.8, 4) is 0 Å². The first-order valence-electron chi connectivity index (χ1n) is 5.08. The summed E-state index contributed by atoms with van der Waals surface area (Å²) in [5.74, 6) is 0.843. The fourth-order valence-corrected chi connectivity index (χ4v) is 2.18. The fourth-order valence-electron chi connectivity index (χ4n) is 1.77. The first-order chi connectivity index (χ1) is 6.75. The molecule has 2 nitrogen and oxygen atoms in total. The number of hydrogen-bond donors (Lipinski definition) is 1. The van der Waals surface area contributed by atoms with Crippen LogP contribution < -0.4 is 5.32 Å². The number of halogens is 1. The molecule has 2 atom stereocenters. The zero-order valence-electron chi connectivity index (χ0n) is 8.33. The van der Waals surface area contributed by atoms with E-state index in [9.17, 15) is 0 Å². The highest BCUT2D eigenvalue weighted by Gasteiger charge is 2.25. The van der Waals surface area contributed by atoms with Gasteiger partial charge in [0, 0.05) is 29.5 Å². The second-order valence-electron chi connectivity index (χ2n) is 4.05. The Bertz CT molecular complexity index is 314. The smallest absolute Gasteiger partial charge is 0.0410 e. The largest absolute Gasteiger partial charge is 0.310 e. The van der Waals surface area contributed by atoms with Crippen LogP contribution in [-0.2, 0) is 6.54 Å². The first-order valence-corrected chi connectivity index (χ1v) is 5.88. The molecule has 3 heteroatoms. The van der Waals surface area contributed by atoms with Crippen molar-refractivity contribution in [2.75, 3.05) is 0 Å². The summed E-state index contributed by atoms with van der Waals surface area (Å²) in [6, 6.07) is 2.83. The summed E-state index contributed by atoms with van der Waals surface area (Å²) in [5.41, 5.74) is 1.25. The van der Waals surface area contributed by atoms with E-state index in [1.807, 2.05) is 12.4 Å². The van der Waals surface area contributed by atoms with Crippen LogP contribution in [0.15, 0.2) is 22.9 Å².